The van der Waals surface area contributed by atoms with E-state index < -0.39 is 5.91 Å². The fourth-order valence-corrected chi connectivity index (χ4v) is 2.52. The third kappa shape index (κ3) is 2.43. The number of amides is 1. The average Bonchev–Trinajstić information content (AvgIpc) is 2.79. The van der Waals surface area contributed by atoms with Crippen molar-refractivity contribution >= 4 is 34.2 Å². The van der Waals surface area contributed by atoms with Gasteiger partial charge in [0.05, 0.1) is 11.2 Å². The van der Waals surface area contributed by atoms with E-state index >= 15 is 0 Å². The molecule has 3 rings (SSSR count). The molecule has 0 bridgehead atoms. The minimum atomic E-state index is -0.444. The maximum atomic E-state index is 11.4. The first-order valence-electron chi connectivity index (χ1n) is 6.35. The number of rotatable bonds is 3. The zero-order valence-electron chi connectivity index (χ0n) is 11.1. The lowest BCUT2D eigenvalue weighted by atomic mass is 10.2. The lowest BCUT2D eigenvalue weighted by molar-refractivity contribution is -0.118. The van der Waals surface area contributed by atoms with Crippen LogP contribution in [0.1, 0.15) is 0 Å². The van der Waals surface area contributed by atoms with Gasteiger partial charge < -0.3 is 16.0 Å². The van der Waals surface area contributed by atoms with Gasteiger partial charge in [-0.15, -0.1) is 0 Å². The molecule has 0 aliphatic rings. The molecule has 21 heavy (non-hydrogen) atoms. The van der Waals surface area contributed by atoms with Crippen LogP contribution in [0.25, 0.3) is 22.4 Å². The molecular weight excluding hydrogens is 288 g/mol. The van der Waals surface area contributed by atoms with Crippen molar-refractivity contribution in [1.29, 1.82) is 0 Å². The standard InChI is InChI=1S/C15H13ClN4O/c16-10-4-1-3-9(7-10)15-19-14-11(17)5-2-6-12(14)20(15)8-13(18)21/h1-7H,8,17H2,(H2,18,21). The fraction of sp³-hybridized carbons (Fsp3) is 0.0667. The van der Waals surface area contributed by atoms with Crippen molar-refractivity contribution in [1.82, 2.24) is 9.55 Å². The van der Waals surface area contributed by atoms with E-state index in [1.54, 1.807) is 22.8 Å². The Bertz CT molecular complexity index is 841. The Morgan fingerprint density at radius 3 is 2.71 bits per heavy atom. The van der Waals surface area contributed by atoms with Crippen LogP contribution in [0.15, 0.2) is 42.5 Å². The summed E-state index contributed by atoms with van der Waals surface area (Å²) in [5.74, 6) is 0.171. The number of imidazole rings is 1. The normalized spacial score (nSPS) is 10.9. The number of carbonyl (C=O) groups excluding carboxylic acids is 1. The molecule has 1 amide bonds. The smallest absolute Gasteiger partial charge is 0.237 e. The zero-order valence-corrected chi connectivity index (χ0v) is 11.8. The average molecular weight is 301 g/mol. The zero-order chi connectivity index (χ0) is 15.0. The van der Waals surface area contributed by atoms with Gasteiger partial charge in [-0.05, 0) is 24.3 Å². The summed E-state index contributed by atoms with van der Waals surface area (Å²) in [4.78, 5) is 15.9. The molecule has 0 aliphatic heterocycles. The Morgan fingerprint density at radius 1 is 1.24 bits per heavy atom. The molecule has 0 saturated carbocycles. The Hall–Kier alpha value is -2.53. The Kier molecular flexibility index (Phi) is 3.27. The molecule has 1 heterocycles. The summed E-state index contributed by atoms with van der Waals surface area (Å²) >= 11 is 6.03. The summed E-state index contributed by atoms with van der Waals surface area (Å²) in [7, 11) is 0. The van der Waals surface area contributed by atoms with Crippen molar-refractivity contribution in [2.75, 3.05) is 5.73 Å². The molecule has 6 heteroatoms. The number of nitrogens with zero attached hydrogens (tertiary/aromatic N) is 2. The highest BCUT2D eigenvalue weighted by molar-refractivity contribution is 6.30. The van der Waals surface area contributed by atoms with Crippen LogP contribution in [0.2, 0.25) is 5.02 Å². The predicted molar refractivity (Wildman–Crippen MR) is 83.8 cm³/mol. The number of halogens is 1. The van der Waals surface area contributed by atoms with E-state index in [4.69, 9.17) is 23.1 Å². The van der Waals surface area contributed by atoms with Crippen molar-refractivity contribution in [3.05, 3.63) is 47.5 Å². The quantitative estimate of drug-likeness (QED) is 0.728. The Balaban J connectivity index is 2.30. The van der Waals surface area contributed by atoms with Crippen LogP contribution >= 0.6 is 11.6 Å². The van der Waals surface area contributed by atoms with Crippen molar-refractivity contribution < 1.29 is 4.79 Å². The van der Waals surface area contributed by atoms with Crippen LogP contribution < -0.4 is 11.5 Å². The maximum absolute atomic E-state index is 11.4. The van der Waals surface area contributed by atoms with E-state index in [1.165, 1.54) is 0 Å². The number of anilines is 1. The van der Waals surface area contributed by atoms with Crippen LogP contribution in [0, 0.1) is 0 Å². The summed E-state index contributed by atoms with van der Waals surface area (Å²) in [6, 6.07) is 12.7. The van der Waals surface area contributed by atoms with Crippen LogP contribution in [-0.4, -0.2) is 15.5 Å². The van der Waals surface area contributed by atoms with E-state index in [2.05, 4.69) is 4.98 Å². The lowest BCUT2D eigenvalue weighted by Gasteiger charge is -2.07. The number of aromatic nitrogens is 2. The van der Waals surface area contributed by atoms with E-state index in [0.29, 0.717) is 22.1 Å². The monoisotopic (exact) mass is 300 g/mol. The number of para-hydroxylation sites is 1. The van der Waals surface area contributed by atoms with E-state index in [0.717, 1.165) is 11.1 Å². The minimum absolute atomic E-state index is 0.0296. The van der Waals surface area contributed by atoms with Gasteiger partial charge in [0.15, 0.2) is 0 Å². The topological polar surface area (TPSA) is 86.9 Å². The summed E-state index contributed by atoms with van der Waals surface area (Å²) < 4.78 is 1.75. The second-order valence-corrected chi connectivity index (χ2v) is 5.15. The van der Waals surface area contributed by atoms with Gasteiger partial charge in [0.2, 0.25) is 5.91 Å². The third-order valence-electron chi connectivity index (χ3n) is 3.21. The van der Waals surface area contributed by atoms with Gasteiger partial charge in [0, 0.05) is 10.6 Å². The predicted octanol–water partition coefficient (Wildman–Crippen LogP) is 2.42. The molecule has 0 aliphatic carbocycles. The molecular formula is C15H13ClN4O. The van der Waals surface area contributed by atoms with Crippen molar-refractivity contribution in [2.45, 2.75) is 6.54 Å². The largest absolute Gasteiger partial charge is 0.397 e. The highest BCUT2D eigenvalue weighted by Crippen LogP contribution is 2.29. The molecule has 0 atom stereocenters. The van der Waals surface area contributed by atoms with Gasteiger partial charge in [-0.2, -0.15) is 0 Å². The first-order chi connectivity index (χ1) is 10.1. The van der Waals surface area contributed by atoms with Gasteiger partial charge in [-0.1, -0.05) is 29.8 Å². The molecule has 3 aromatic rings. The molecule has 0 spiro atoms. The van der Waals surface area contributed by atoms with Gasteiger partial charge >= 0.3 is 0 Å². The minimum Gasteiger partial charge on any atom is -0.397 e. The summed E-state index contributed by atoms with van der Waals surface area (Å²) in [6.45, 7) is 0.0296. The van der Waals surface area contributed by atoms with E-state index in [1.807, 2.05) is 24.3 Å². The molecule has 0 unspecified atom stereocenters. The Morgan fingerprint density at radius 2 is 2.00 bits per heavy atom. The molecule has 0 saturated heterocycles. The molecule has 0 radical (unpaired) electrons. The molecule has 106 valence electrons. The number of fused-ring (bicyclic) bond motifs is 1. The van der Waals surface area contributed by atoms with Crippen LogP contribution in [-0.2, 0) is 11.3 Å². The molecule has 5 nitrogen and oxygen atoms in total. The number of benzene rings is 2. The van der Waals surface area contributed by atoms with E-state index in [9.17, 15) is 4.79 Å². The van der Waals surface area contributed by atoms with Crippen molar-refractivity contribution in [3.63, 3.8) is 0 Å². The third-order valence-corrected chi connectivity index (χ3v) is 3.44. The number of hydrogen-bond donors (Lipinski definition) is 2. The fourth-order valence-electron chi connectivity index (χ4n) is 2.33. The second kappa shape index (κ2) is 5.10. The van der Waals surface area contributed by atoms with Crippen molar-refractivity contribution in [2.24, 2.45) is 5.73 Å². The first-order valence-corrected chi connectivity index (χ1v) is 6.73. The summed E-state index contributed by atoms with van der Waals surface area (Å²) in [6.07, 6.45) is 0. The van der Waals surface area contributed by atoms with Crippen LogP contribution in [0.3, 0.4) is 0 Å². The molecule has 0 fully saturated rings. The van der Waals surface area contributed by atoms with Crippen LogP contribution in [0.4, 0.5) is 5.69 Å². The van der Waals surface area contributed by atoms with E-state index in [-0.39, 0.29) is 6.54 Å². The number of nitrogens with two attached hydrogens (primary N) is 2. The summed E-state index contributed by atoms with van der Waals surface area (Å²) in [5, 5.41) is 0.596. The molecule has 4 N–H and O–H groups in total. The van der Waals surface area contributed by atoms with Crippen LogP contribution in [0.5, 0.6) is 0 Å². The number of nitrogen functional groups attached to an aromatic ring is 1. The maximum Gasteiger partial charge on any atom is 0.237 e. The summed E-state index contributed by atoms with van der Waals surface area (Å²) in [5.41, 5.74) is 14.1. The number of primary amides is 1. The lowest BCUT2D eigenvalue weighted by Crippen LogP contribution is -2.19. The Labute approximate surface area is 126 Å². The van der Waals surface area contributed by atoms with Gasteiger partial charge in [-0.25, -0.2) is 4.98 Å². The van der Waals surface area contributed by atoms with Gasteiger partial charge in [0.25, 0.3) is 0 Å². The molecule has 1 aromatic heterocycles. The second-order valence-electron chi connectivity index (χ2n) is 4.71. The first kappa shape index (κ1) is 13.5. The number of carbonyl (C=O) groups is 1. The van der Waals surface area contributed by atoms with Crippen molar-refractivity contribution in [3.8, 4) is 11.4 Å². The highest BCUT2D eigenvalue weighted by Gasteiger charge is 2.15. The SMILES string of the molecule is NC(=O)Cn1c(-c2cccc(Cl)c2)nc2c(N)cccc21. The number of hydrogen-bond acceptors (Lipinski definition) is 3. The molecule has 2 aromatic carbocycles. The highest BCUT2D eigenvalue weighted by atomic mass is 35.5. The van der Waals surface area contributed by atoms with Gasteiger partial charge in [-0.3, -0.25) is 4.79 Å². The van der Waals surface area contributed by atoms with Gasteiger partial charge in [0.1, 0.15) is 17.9 Å².